The van der Waals surface area contributed by atoms with Gasteiger partial charge in [-0.15, -0.1) is 0 Å². The van der Waals surface area contributed by atoms with Crippen LogP contribution in [-0.2, 0) is 8.85 Å². The molecule has 1 rings (SSSR count). The van der Waals surface area contributed by atoms with Crippen molar-refractivity contribution in [2.45, 2.75) is 13.8 Å². The van der Waals surface area contributed by atoms with E-state index in [1.54, 1.807) is 0 Å². The summed E-state index contributed by atoms with van der Waals surface area (Å²) in [4.78, 5) is 0. The Morgan fingerprint density at radius 3 is 1.87 bits per heavy atom. The van der Waals surface area contributed by atoms with Crippen LogP contribution in [0.5, 0.6) is 0 Å². The Morgan fingerprint density at radius 2 is 1.47 bits per heavy atom. The third-order valence-corrected chi connectivity index (χ3v) is 3.42. The van der Waals surface area contributed by atoms with Gasteiger partial charge in [0.2, 0.25) is 0 Å². The maximum Gasteiger partial charge on any atom is 0.571 e. The standard InChI is InChI=1S/C12H15O2Si/c1-10(2)13-15(14-11(3)4)12-8-6-5-7-9-12/h5-9H,1,3H2,2,4H3. The van der Waals surface area contributed by atoms with Crippen molar-refractivity contribution in [2.75, 3.05) is 0 Å². The van der Waals surface area contributed by atoms with E-state index in [9.17, 15) is 0 Å². The summed E-state index contributed by atoms with van der Waals surface area (Å²) in [5.74, 6) is 1.32. The van der Waals surface area contributed by atoms with Crippen LogP contribution in [-0.4, -0.2) is 9.28 Å². The van der Waals surface area contributed by atoms with Gasteiger partial charge in [-0.1, -0.05) is 43.5 Å². The second-order valence-corrected chi connectivity index (χ2v) is 4.82. The summed E-state index contributed by atoms with van der Waals surface area (Å²) in [6.07, 6.45) is 0. The topological polar surface area (TPSA) is 18.5 Å². The highest BCUT2D eigenvalue weighted by Crippen LogP contribution is 2.03. The lowest BCUT2D eigenvalue weighted by Crippen LogP contribution is -2.35. The van der Waals surface area contributed by atoms with Crippen molar-refractivity contribution in [3.8, 4) is 0 Å². The average Bonchev–Trinajstić information content (AvgIpc) is 2.17. The van der Waals surface area contributed by atoms with Crippen molar-refractivity contribution in [3.63, 3.8) is 0 Å². The highest BCUT2D eigenvalue weighted by molar-refractivity contribution is 6.61. The molecule has 0 fully saturated rings. The second kappa shape index (κ2) is 5.41. The van der Waals surface area contributed by atoms with E-state index in [0.29, 0.717) is 11.5 Å². The molecule has 15 heavy (non-hydrogen) atoms. The molecule has 1 aromatic rings. The SMILES string of the molecule is C=C(C)O[Si](OC(=C)C)c1ccccc1. The molecule has 2 nitrogen and oxygen atoms in total. The number of benzene rings is 1. The zero-order chi connectivity index (χ0) is 11.3. The first-order valence-corrected chi connectivity index (χ1v) is 6.00. The van der Waals surface area contributed by atoms with Crippen LogP contribution < -0.4 is 5.19 Å². The van der Waals surface area contributed by atoms with Gasteiger partial charge in [0, 0.05) is 5.19 Å². The summed E-state index contributed by atoms with van der Waals surface area (Å²) < 4.78 is 11.1. The van der Waals surface area contributed by atoms with Crippen LogP contribution in [0.25, 0.3) is 0 Å². The van der Waals surface area contributed by atoms with E-state index in [1.165, 1.54) is 0 Å². The van der Waals surface area contributed by atoms with Crippen molar-refractivity contribution >= 4 is 14.5 Å². The maximum absolute atomic E-state index is 5.57. The molecule has 79 valence electrons. The second-order valence-electron chi connectivity index (χ2n) is 3.26. The highest BCUT2D eigenvalue weighted by atomic mass is 28.3. The van der Waals surface area contributed by atoms with Crippen LogP contribution in [0.1, 0.15) is 13.8 Å². The van der Waals surface area contributed by atoms with E-state index in [2.05, 4.69) is 13.2 Å². The molecule has 0 amide bonds. The lowest BCUT2D eigenvalue weighted by Gasteiger charge is -2.16. The average molecular weight is 219 g/mol. The first-order valence-electron chi connectivity index (χ1n) is 4.68. The zero-order valence-corrected chi connectivity index (χ0v) is 10.1. The molecular formula is C12H15O2Si. The van der Waals surface area contributed by atoms with Crippen molar-refractivity contribution < 1.29 is 8.85 Å². The normalized spacial score (nSPS) is 9.80. The molecule has 0 spiro atoms. The highest BCUT2D eigenvalue weighted by Gasteiger charge is 2.22. The number of allylic oxidation sites excluding steroid dienone is 2. The summed E-state index contributed by atoms with van der Waals surface area (Å²) in [6, 6.07) is 9.86. The van der Waals surface area contributed by atoms with Crippen LogP contribution in [0.2, 0.25) is 0 Å². The predicted molar refractivity (Wildman–Crippen MR) is 63.6 cm³/mol. The minimum atomic E-state index is -1.52. The Kier molecular flexibility index (Phi) is 4.18. The van der Waals surface area contributed by atoms with Crippen LogP contribution in [0.15, 0.2) is 55.0 Å². The minimum Gasteiger partial charge on any atom is -0.511 e. The van der Waals surface area contributed by atoms with Crippen LogP contribution in [0, 0.1) is 0 Å². The van der Waals surface area contributed by atoms with E-state index < -0.39 is 9.28 Å². The molecule has 1 radical (unpaired) electrons. The van der Waals surface area contributed by atoms with Crippen molar-refractivity contribution in [1.29, 1.82) is 0 Å². The van der Waals surface area contributed by atoms with Gasteiger partial charge in [0.1, 0.15) is 0 Å². The lowest BCUT2D eigenvalue weighted by atomic mass is 10.4. The van der Waals surface area contributed by atoms with Crippen molar-refractivity contribution in [1.82, 2.24) is 0 Å². The molecule has 1 aromatic carbocycles. The summed E-state index contributed by atoms with van der Waals surface area (Å²) >= 11 is 0. The molecule has 0 aliphatic carbocycles. The van der Waals surface area contributed by atoms with Crippen LogP contribution in [0.4, 0.5) is 0 Å². The first-order chi connectivity index (χ1) is 7.09. The molecule has 3 heteroatoms. The molecule has 0 N–H and O–H groups in total. The summed E-state index contributed by atoms with van der Waals surface area (Å²) in [5.41, 5.74) is 0. The van der Waals surface area contributed by atoms with E-state index in [-0.39, 0.29) is 0 Å². The molecule has 0 aliphatic rings. The third kappa shape index (κ3) is 4.04. The first kappa shape index (κ1) is 11.6. The minimum absolute atomic E-state index is 0.661. The molecule has 0 aliphatic heterocycles. The van der Waals surface area contributed by atoms with Crippen molar-refractivity contribution in [3.05, 3.63) is 55.0 Å². The van der Waals surface area contributed by atoms with Crippen molar-refractivity contribution in [2.24, 2.45) is 0 Å². The fraction of sp³-hybridized carbons (Fsp3) is 0.167. The zero-order valence-electron chi connectivity index (χ0n) is 9.12. The Bertz CT molecular complexity index is 330. The van der Waals surface area contributed by atoms with Gasteiger partial charge in [-0.2, -0.15) is 0 Å². The summed E-state index contributed by atoms with van der Waals surface area (Å²) in [7, 11) is -1.52. The quantitative estimate of drug-likeness (QED) is 0.559. The van der Waals surface area contributed by atoms with E-state index in [1.807, 2.05) is 44.2 Å². The molecule has 0 saturated heterocycles. The van der Waals surface area contributed by atoms with Gasteiger partial charge in [-0.25, -0.2) is 0 Å². The number of rotatable bonds is 5. The van der Waals surface area contributed by atoms with Gasteiger partial charge in [0.25, 0.3) is 0 Å². The molecule has 0 heterocycles. The summed E-state index contributed by atoms with van der Waals surface area (Å²) in [6.45, 7) is 11.1. The van der Waals surface area contributed by atoms with E-state index >= 15 is 0 Å². The Morgan fingerprint density at radius 1 is 1.00 bits per heavy atom. The van der Waals surface area contributed by atoms with Gasteiger partial charge < -0.3 is 8.85 Å². The smallest absolute Gasteiger partial charge is 0.511 e. The lowest BCUT2D eigenvalue weighted by molar-refractivity contribution is 0.311. The Hall–Kier alpha value is -1.48. The van der Waals surface area contributed by atoms with Gasteiger partial charge in [-0.3, -0.25) is 0 Å². The number of hydrogen-bond donors (Lipinski definition) is 0. The maximum atomic E-state index is 5.57. The fourth-order valence-corrected chi connectivity index (χ4v) is 2.40. The number of hydrogen-bond acceptors (Lipinski definition) is 2. The monoisotopic (exact) mass is 219 g/mol. The Balaban J connectivity index is 2.81. The van der Waals surface area contributed by atoms with E-state index in [4.69, 9.17) is 8.85 Å². The fourth-order valence-electron chi connectivity index (χ4n) is 1.03. The molecule has 0 aromatic heterocycles. The molecule has 0 unspecified atom stereocenters. The molecular weight excluding hydrogens is 204 g/mol. The third-order valence-electron chi connectivity index (χ3n) is 1.54. The van der Waals surface area contributed by atoms with Gasteiger partial charge in [0.05, 0.1) is 11.5 Å². The van der Waals surface area contributed by atoms with Gasteiger partial charge >= 0.3 is 9.28 Å². The molecule has 0 atom stereocenters. The van der Waals surface area contributed by atoms with Crippen LogP contribution in [0.3, 0.4) is 0 Å². The van der Waals surface area contributed by atoms with E-state index in [0.717, 1.165) is 5.19 Å². The van der Waals surface area contributed by atoms with Gasteiger partial charge in [-0.05, 0) is 13.8 Å². The van der Waals surface area contributed by atoms with Crippen LogP contribution >= 0.6 is 0 Å². The molecule has 0 saturated carbocycles. The molecule has 0 bridgehead atoms. The predicted octanol–water partition coefficient (Wildman–Crippen LogP) is 2.48. The van der Waals surface area contributed by atoms with Gasteiger partial charge in [0.15, 0.2) is 0 Å². The Labute approximate surface area is 92.7 Å². The summed E-state index contributed by atoms with van der Waals surface area (Å²) in [5, 5.41) is 1.05. The largest absolute Gasteiger partial charge is 0.571 e.